The molecule has 1 aliphatic heterocycles. The molecule has 2 amide bonds. The largest absolute Gasteiger partial charge is 0.493 e. The number of nitrogens with zero attached hydrogens (tertiary/aromatic N) is 3. The molecule has 1 heterocycles. The number of methoxy groups -OCH3 is 1. The van der Waals surface area contributed by atoms with E-state index in [0.717, 1.165) is 0 Å². The molecule has 12 heteroatoms. The van der Waals surface area contributed by atoms with Crippen molar-refractivity contribution in [2.45, 2.75) is 0 Å². The molecule has 34 heavy (non-hydrogen) atoms. The number of non-ortho nitro benzene ring substituents is 1. The number of ether oxygens (including phenoxy) is 4. The number of nitrogens with one attached hydrogen (secondary N) is 1. The molecule has 0 aliphatic carbocycles. The first-order valence-electron chi connectivity index (χ1n) is 10.3. The molecule has 0 saturated carbocycles. The number of carbonyl (C=O) groups excluding carboxylic acids is 2. The number of carbonyl (C=O) groups is 2. The third kappa shape index (κ3) is 7.17. The van der Waals surface area contributed by atoms with Gasteiger partial charge < -0.3 is 23.8 Å². The predicted octanol–water partition coefficient (Wildman–Crippen LogP) is 1.37. The molecule has 0 radical (unpaired) electrons. The van der Waals surface area contributed by atoms with Crippen molar-refractivity contribution < 1.29 is 33.5 Å². The average molecular weight is 472 g/mol. The summed E-state index contributed by atoms with van der Waals surface area (Å²) < 4.78 is 21.4. The van der Waals surface area contributed by atoms with Crippen LogP contribution in [-0.2, 0) is 14.3 Å². The average Bonchev–Trinajstić information content (AvgIpc) is 2.87. The van der Waals surface area contributed by atoms with E-state index in [1.807, 2.05) is 0 Å². The molecule has 2 aromatic rings. The molecule has 0 unspecified atom stereocenters. The van der Waals surface area contributed by atoms with E-state index < -0.39 is 10.8 Å². The Morgan fingerprint density at radius 3 is 2.53 bits per heavy atom. The molecule has 180 valence electrons. The zero-order valence-corrected chi connectivity index (χ0v) is 18.5. The van der Waals surface area contributed by atoms with Gasteiger partial charge in [0.05, 0.1) is 31.5 Å². The number of rotatable bonds is 10. The van der Waals surface area contributed by atoms with Gasteiger partial charge in [-0.1, -0.05) is 0 Å². The third-order valence-corrected chi connectivity index (χ3v) is 4.72. The first-order valence-corrected chi connectivity index (χ1v) is 10.3. The summed E-state index contributed by atoms with van der Waals surface area (Å²) >= 11 is 0. The van der Waals surface area contributed by atoms with Crippen LogP contribution in [0.15, 0.2) is 47.6 Å². The van der Waals surface area contributed by atoms with Crippen molar-refractivity contribution in [3.63, 3.8) is 0 Å². The summed E-state index contributed by atoms with van der Waals surface area (Å²) in [4.78, 5) is 35.9. The molecule has 0 spiro atoms. The minimum Gasteiger partial charge on any atom is -0.493 e. The van der Waals surface area contributed by atoms with Gasteiger partial charge in [0.1, 0.15) is 5.75 Å². The van der Waals surface area contributed by atoms with Crippen molar-refractivity contribution in [1.29, 1.82) is 0 Å². The molecular formula is C22H24N4O8. The van der Waals surface area contributed by atoms with E-state index in [4.69, 9.17) is 18.9 Å². The number of benzene rings is 2. The topological polar surface area (TPSA) is 142 Å². The number of nitro benzene ring substituents is 1. The lowest BCUT2D eigenvalue weighted by molar-refractivity contribution is -0.384. The van der Waals surface area contributed by atoms with Gasteiger partial charge in [-0.05, 0) is 35.9 Å². The fourth-order valence-corrected chi connectivity index (χ4v) is 2.95. The third-order valence-electron chi connectivity index (χ3n) is 4.72. The number of hydrogen-bond acceptors (Lipinski definition) is 9. The van der Waals surface area contributed by atoms with Crippen LogP contribution in [0.5, 0.6) is 17.2 Å². The lowest BCUT2D eigenvalue weighted by Gasteiger charge is -2.26. The molecule has 0 atom stereocenters. The number of hydrogen-bond donors (Lipinski definition) is 1. The van der Waals surface area contributed by atoms with Gasteiger partial charge in [0, 0.05) is 25.2 Å². The fourth-order valence-electron chi connectivity index (χ4n) is 2.95. The maximum absolute atomic E-state index is 12.2. The van der Waals surface area contributed by atoms with Gasteiger partial charge in [0.25, 0.3) is 17.5 Å². The van der Waals surface area contributed by atoms with Gasteiger partial charge >= 0.3 is 0 Å². The van der Waals surface area contributed by atoms with E-state index in [9.17, 15) is 19.7 Å². The highest BCUT2D eigenvalue weighted by Gasteiger charge is 2.18. The van der Waals surface area contributed by atoms with Crippen LogP contribution in [0, 0.1) is 10.1 Å². The number of hydrazone groups is 1. The summed E-state index contributed by atoms with van der Waals surface area (Å²) in [5, 5.41) is 14.5. The molecule has 1 aliphatic rings. The summed E-state index contributed by atoms with van der Waals surface area (Å²) in [6, 6.07) is 10.4. The molecular weight excluding hydrogens is 448 g/mol. The van der Waals surface area contributed by atoms with E-state index in [2.05, 4.69) is 10.5 Å². The summed E-state index contributed by atoms with van der Waals surface area (Å²) in [5.41, 5.74) is 2.88. The van der Waals surface area contributed by atoms with Crippen LogP contribution in [0.4, 0.5) is 5.69 Å². The maximum atomic E-state index is 12.2. The molecule has 0 aromatic heterocycles. The number of nitro groups is 1. The van der Waals surface area contributed by atoms with Crippen molar-refractivity contribution in [3.05, 3.63) is 58.1 Å². The van der Waals surface area contributed by atoms with Crippen molar-refractivity contribution in [2.75, 3.05) is 46.6 Å². The van der Waals surface area contributed by atoms with Crippen LogP contribution in [0.3, 0.4) is 0 Å². The van der Waals surface area contributed by atoms with Crippen LogP contribution >= 0.6 is 0 Å². The second kappa shape index (κ2) is 12.2. The summed E-state index contributed by atoms with van der Waals surface area (Å²) in [6.07, 6.45) is 1.41. The second-order valence-electron chi connectivity index (χ2n) is 7.02. The van der Waals surface area contributed by atoms with Gasteiger partial charge in [0.2, 0.25) is 0 Å². The van der Waals surface area contributed by atoms with Crippen LogP contribution in [0.25, 0.3) is 0 Å². The van der Waals surface area contributed by atoms with Crippen molar-refractivity contribution >= 4 is 23.7 Å². The Morgan fingerprint density at radius 1 is 1.12 bits per heavy atom. The zero-order valence-electron chi connectivity index (χ0n) is 18.5. The van der Waals surface area contributed by atoms with Crippen LogP contribution in [0.1, 0.15) is 5.56 Å². The lowest BCUT2D eigenvalue weighted by atomic mass is 10.2. The highest BCUT2D eigenvalue weighted by molar-refractivity contribution is 5.84. The second-order valence-corrected chi connectivity index (χ2v) is 7.02. The standard InChI is InChI=1S/C22H24N4O8/c1-31-20-12-16(2-7-19(20)34-15-22(28)25-8-10-32-11-9-25)13-23-24-21(27)14-33-18-5-3-17(4-6-18)26(29)30/h2-7,12-13H,8-11,14-15H2,1H3,(H,24,27)/b23-13+. The fraction of sp³-hybridized carbons (Fsp3) is 0.318. The minimum atomic E-state index is -0.524. The number of amides is 2. The highest BCUT2D eigenvalue weighted by Crippen LogP contribution is 2.27. The molecule has 1 saturated heterocycles. The minimum absolute atomic E-state index is 0.0723. The maximum Gasteiger partial charge on any atom is 0.277 e. The highest BCUT2D eigenvalue weighted by atomic mass is 16.6. The smallest absolute Gasteiger partial charge is 0.277 e. The Kier molecular flexibility index (Phi) is 8.74. The Bertz CT molecular complexity index is 1040. The lowest BCUT2D eigenvalue weighted by Crippen LogP contribution is -2.43. The van der Waals surface area contributed by atoms with Crippen LogP contribution < -0.4 is 19.6 Å². The monoisotopic (exact) mass is 472 g/mol. The summed E-state index contributed by atoms with van der Waals surface area (Å²) in [6.45, 7) is 1.68. The van der Waals surface area contributed by atoms with E-state index in [-0.39, 0.29) is 24.8 Å². The molecule has 1 N–H and O–H groups in total. The Balaban J connectivity index is 1.46. The first-order chi connectivity index (χ1) is 16.5. The Labute approximate surface area is 195 Å². The first kappa shape index (κ1) is 24.5. The van der Waals surface area contributed by atoms with Gasteiger partial charge in [0.15, 0.2) is 24.7 Å². The van der Waals surface area contributed by atoms with Crippen molar-refractivity contribution in [2.24, 2.45) is 5.10 Å². The van der Waals surface area contributed by atoms with Crippen molar-refractivity contribution in [3.8, 4) is 17.2 Å². The Morgan fingerprint density at radius 2 is 1.85 bits per heavy atom. The van der Waals surface area contributed by atoms with E-state index >= 15 is 0 Å². The molecule has 1 fully saturated rings. The van der Waals surface area contributed by atoms with Crippen LogP contribution in [-0.4, -0.2) is 74.5 Å². The quantitative estimate of drug-likeness (QED) is 0.310. The number of morpholine rings is 1. The summed E-state index contributed by atoms with van der Waals surface area (Å²) in [7, 11) is 1.48. The van der Waals surface area contributed by atoms with Gasteiger partial charge in [-0.2, -0.15) is 5.10 Å². The normalized spacial score (nSPS) is 13.4. The Hall–Kier alpha value is -4.19. The predicted molar refractivity (Wildman–Crippen MR) is 120 cm³/mol. The van der Waals surface area contributed by atoms with E-state index in [1.54, 1.807) is 23.1 Å². The SMILES string of the molecule is COc1cc(/C=N/NC(=O)COc2ccc([N+](=O)[O-])cc2)ccc1OCC(=O)N1CCOCC1. The van der Waals surface area contributed by atoms with Gasteiger partial charge in [-0.3, -0.25) is 19.7 Å². The zero-order chi connectivity index (χ0) is 24.3. The molecule has 3 rings (SSSR count). The van der Waals surface area contributed by atoms with E-state index in [1.165, 1.54) is 37.6 Å². The van der Waals surface area contributed by atoms with Crippen molar-refractivity contribution in [1.82, 2.24) is 10.3 Å². The molecule has 2 aromatic carbocycles. The van der Waals surface area contributed by atoms with Crippen LogP contribution in [0.2, 0.25) is 0 Å². The van der Waals surface area contributed by atoms with E-state index in [0.29, 0.717) is 49.1 Å². The van der Waals surface area contributed by atoms with Gasteiger partial charge in [-0.15, -0.1) is 0 Å². The summed E-state index contributed by atoms with van der Waals surface area (Å²) in [5.74, 6) is 0.489. The molecule has 0 bridgehead atoms. The molecule has 12 nitrogen and oxygen atoms in total. The van der Waals surface area contributed by atoms with Gasteiger partial charge in [-0.25, -0.2) is 5.43 Å².